The van der Waals surface area contributed by atoms with Crippen molar-refractivity contribution in [3.05, 3.63) is 41.7 Å². The maximum atomic E-state index is 11.6. The summed E-state index contributed by atoms with van der Waals surface area (Å²) in [4.78, 5) is 22.7. The summed E-state index contributed by atoms with van der Waals surface area (Å²) >= 11 is 0. The van der Waals surface area contributed by atoms with Crippen molar-refractivity contribution >= 4 is 18.0 Å². The lowest BCUT2D eigenvalue weighted by Gasteiger charge is -2.08. The molecular formula is C13H14O6. The molecule has 0 aromatic heterocycles. The average Bonchev–Trinajstić information content (AvgIpc) is 2.44. The van der Waals surface area contributed by atoms with Crippen LogP contribution in [0.25, 0.3) is 6.08 Å². The number of carbonyl (C=O) groups is 2. The molecule has 102 valence electrons. The molecule has 6 nitrogen and oxygen atoms in total. The lowest BCUT2D eigenvalue weighted by molar-refractivity contribution is -0.166. The molecule has 1 aromatic rings. The van der Waals surface area contributed by atoms with E-state index < -0.39 is 24.6 Å². The van der Waals surface area contributed by atoms with Crippen LogP contribution in [0.3, 0.4) is 0 Å². The van der Waals surface area contributed by atoms with Crippen LogP contribution >= 0.6 is 0 Å². The smallest absolute Gasteiger partial charge is 0.381 e. The van der Waals surface area contributed by atoms with E-state index in [4.69, 9.17) is 14.9 Å². The quantitative estimate of drug-likeness (QED) is 0.340. The molecule has 0 saturated heterocycles. The summed E-state index contributed by atoms with van der Waals surface area (Å²) in [7, 11) is 1.25. The first kappa shape index (κ1) is 14.9. The number of rotatable bonds is 5. The minimum absolute atomic E-state index is 0.190. The van der Waals surface area contributed by atoms with Gasteiger partial charge >= 0.3 is 11.9 Å². The SMILES string of the molecule is COC(=Cc1ccccc1)C(=O)OC(=O)C(O)CO. The molecule has 0 saturated carbocycles. The molecule has 0 bridgehead atoms. The Morgan fingerprint density at radius 1 is 1.32 bits per heavy atom. The van der Waals surface area contributed by atoms with Gasteiger partial charge in [0.05, 0.1) is 13.7 Å². The largest absolute Gasteiger partial charge is 0.490 e. The van der Waals surface area contributed by atoms with E-state index in [1.165, 1.54) is 13.2 Å². The Kier molecular flexibility index (Phi) is 5.72. The highest BCUT2D eigenvalue weighted by molar-refractivity contribution is 5.98. The lowest BCUT2D eigenvalue weighted by atomic mass is 10.2. The van der Waals surface area contributed by atoms with Gasteiger partial charge in [-0.25, -0.2) is 9.59 Å². The van der Waals surface area contributed by atoms with Crippen molar-refractivity contribution in [1.29, 1.82) is 0 Å². The Hall–Kier alpha value is -2.18. The zero-order valence-electron chi connectivity index (χ0n) is 10.3. The molecule has 0 aliphatic rings. The number of aliphatic hydroxyl groups excluding tert-OH is 2. The van der Waals surface area contributed by atoms with Gasteiger partial charge < -0.3 is 19.7 Å². The van der Waals surface area contributed by atoms with Gasteiger partial charge in [0.2, 0.25) is 5.76 Å². The number of benzene rings is 1. The molecule has 1 rings (SSSR count). The number of aliphatic hydroxyl groups is 2. The van der Waals surface area contributed by atoms with E-state index in [9.17, 15) is 9.59 Å². The van der Waals surface area contributed by atoms with Gasteiger partial charge in [-0.3, -0.25) is 0 Å². The number of methoxy groups -OCH3 is 1. The predicted molar refractivity (Wildman–Crippen MR) is 65.6 cm³/mol. The standard InChI is InChI=1S/C13H14O6/c1-18-11(7-9-5-3-2-4-6-9)13(17)19-12(16)10(15)8-14/h2-7,10,14-15H,8H2,1H3. The molecule has 1 unspecified atom stereocenters. The number of hydrogen-bond acceptors (Lipinski definition) is 6. The van der Waals surface area contributed by atoms with E-state index in [2.05, 4.69) is 4.74 Å². The summed E-state index contributed by atoms with van der Waals surface area (Å²) in [6, 6.07) is 8.81. The van der Waals surface area contributed by atoms with Gasteiger partial charge in [-0.15, -0.1) is 0 Å². The fourth-order valence-electron chi connectivity index (χ4n) is 1.19. The molecule has 0 spiro atoms. The second-order valence-corrected chi connectivity index (χ2v) is 3.53. The molecule has 19 heavy (non-hydrogen) atoms. The summed E-state index contributed by atoms with van der Waals surface area (Å²) in [6.07, 6.45) is -0.361. The molecule has 2 N–H and O–H groups in total. The van der Waals surface area contributed by atoms with E-state index in [0.717, 1.165) is 0 Å². The Labute approximate surface area is 109 Å². The summed E-state index contributed by atoms with van der Waals surface area (Å²) in [5.41, 5.74) is 0.687. The Morgan fingerprint density at radius 2 is 1.95 bits per heavy atom. The van der Waals surface area contributed by atoms with Crippen molar-refractivity contribution in [2.45, 2.75) is 6.10 Å². The molecule has 0 aliphatic heterocycles. The van der Waals surface area contributed by atoms with E-state index >= 15 is 0 Å². The molecular weight excluding hydrogens is 252 g/mol. The molecule has 0 radical (unpaired) electrons. The van der Waals surface area contributed by atoms with Gasteiger partial charge in [-0.1, -0.05) is 30.3 Å². The van der Waals surface area contributed by atoms with Crippen LogP contribution in [-0.4, -0.2) is 42.0 Å². The van der Waals surface area contributed by atoms with Crippen molar-refractivity contribution < 1.29 is 29.3 Å². The third-order valence-electron chi connectivity index (χ3n) is 2.16. The van der Waals surface area contributed by atoms with Crippen molar-refractivity contribution in [3.63, 3.8) is 0 Å². The molecule has 1 atom stereocenters. The van der Waals surface area contributed by atoms with Crippen molar-refractivity contribution in [2.75, 3.05) is 13.7 Å². The summed E-state index contributed by atoms with van der Waals surface area (Å²) in [6.45, 7) is -0.823. The van der Waals surface area contributed by atoms with E-state index in [-0.39, 0.29) is 5.76 Å². The highest BCUT2D eigenvalue weighted by atomic mass is 16.6. The Bertz CT molecular complexity index is 465. The van der Waals surface area contributed by atoms with Crippen LogP contribution < -0.4 is 0 Å². The van der Waals surface area contributed by atoms with Gasteiger partial charge in [0.25, 0.3) is 0 Å². The molecule has 0 heterocycles. The van der Waals surface area contributed by atoms with Crippen molar-refractivity contribution in [2.24, 2.45) is 0 Å². The average molecular weight is 266 g/mol. The second kappa shape index (κ2) is 7.30. The second-order valence-electron chi connectivity index (χ2n) is 3.53. The van der Waals surface area contributed by atoms with Crippen LogP contribution in [0.1, 0.15) is 5.56 Å². The van der Waals surface area contributed by atoms with Crippen molar-refractivity contribution in [3.8, 4) is 0 Å². The van der Waals surface area contributed by atoms with Crippen LogP contribution in [0, 0.1) is 0 Å². The van der Waals surface area contributed by atoms with Gasteiger partial charge in [0.15, 0.2) is 6.10 Å². The molecule has 6 heteroatoms. The normalized spacial score (nSPS) is 12.7. The third kappa shape index (κ3) is 4.53. The minimum Gasteiger partial charge on any atom is -0.490 e. The number of esters is 2. The van der Waals surface area contributed by atoms with E-state index in [1.807, 2.05) is 6.07 Å². The zero-order valence-corrected chi connectivity index (χ0v) is 10.3. The predicted octanol–water partition coefficient (Wildman–Crippen LogP) is 0.0969. The van der Waals surface area contributed by atoms with E-state index in [1.54, 1.807) is 24.3 Å². The van der Waals surface area contributed by atoms with Gasteiger partial charge in [-0.05, 0) is 11.6 Å². The van der Waals surface area contributed by atoms with Crippen LogP contribution in [0.4, 0.5) is 0 Å². The molecule has 0 fully saturated rings. The van der Waals surface area contributed by atoms with Gasteiger partial charge in [0.1, 0.15) is 0 Å². The third-order valence-corrected chi connectivity index (χ3v) is 2.16. The molecule has 1 aromatic carbocycles. The maximum absolute atomic E-state index is 11.6. The first-order valence-electron chi connectivity index (χ1n) is 5.44. The fraction of sp³-hybridized carbons (Fsp3) is 0.231. The highest BCUT2D eigenvalue weighted by Crippen LogP contribution is 2.09. The van der Waals surface area contributed by atoms with E-state index in [0.29, 0.717) is 5.56 Å². The van der Waals surface area contributed by atoms with Crippen LogP contribution in [0.2, 0.25) is 0 Å². The number of hydrogen-bond donors (Lipinski definition) is 2. The zero-order chi connectivity index (χ0) is 14.3. The fourth-order valence-corrected chi connectivity index (χ4v) is 1.19. The lowest BCUT2D eigenvalue weighted by Crippen LogP contribution is -2.29. The summed E-state index contributed by atoms with van der Waals surface area (Å²) in [5, 5.41) is 17.5. The summed E-state index contributed by atoms with van der Waals surface area (Å²) < 4.78 is 9.17. The Morgan fingerprint density at radius 3 is 2.47 bits per heavy atom. The van der Waals surface area contributed by atoms with Crippen LogP contribution in [-0.2, 0) is 19.1 Å². The van der Waals surface area contributed by atoms with Gasteiger partial charge in [-0.2, -0.15) is 0 Å². The number of carbonyl (C=O) groups excluding carboxylic acids is 2. The number of ether oxygens (including phenoxy) is 2. The minimum atomic E-state index is -1.75. The summed E-state index contributed by atoms with van der Waals surface area (Å²) in [5.74, 6) is -2.46. The van der Waals surface area contributed by atoms with Gasteiger partial charge in [0, 0.05) is 0 Å². The van der Waals surface area contributed by atoms with Crippen LogP contribution in [0.15, 0.2) is 36.1 Å². The van der Waals surface area contributed by atoms with Crippen LogP contribution in [0.5, 0.6) is 0 Å². The maximum Gasteiger partial charge on any atom is 0.381 e. The first-order valence-corrected chi connectivity index (χ1v) is 5.44. The highest BCUT2D eigenvalue weighted by Gasteiger charge is 2.22. The molecule has 0 amide bonds. The first-order chi connectivity index (χ1) is 9.08. The van der Waals surface area contributed by atoms with Crippen molar-refractivity contribution in [1.82, 2.24) is 0 Å². The monoisotopic (exact) mass is 266 g/mol. The Balaban J connectivity index is 2.78. The molecule has 0 aliphatic carbocycles. The topological polar surface area (TPSA) is 93.1 Å².